The number of rotatable bonds is 9. The van der Waals surface area contributed by atoms with Gasteiger partial charge >= 0.3 is 5.97 Å². The Morgan fingerprint density at radius 3 is 2.34 bits per heavy atom. The van der Waals surface area contributed by atoms with Gasteiger partial charge in [0.2, 0.25) is 0 Å². The SMILES string of the molecule is COc1ccc(OCC(=O)NN=Cc2ccc(OC(=O)c3ccc([N+](=O)[O-])cc3)c(Br)c2)c(Br)c1. The van der Waals surface area contributed by atoms with Gasteiger partial charge in [-0.05, 0) is 86.0 Å². The molecule has 0 heterocycles. The number of ether oxygens (including phenoxy) is 3. The highest BCUT2D eigenvalue weighted by Gasteiger charge is 2.13. The highest BCUT2D eigenvalue weighted by Crippen LogP contribution is 2.29. The zero-order valence-corrected chi connectivity index (χ0v) is 21.2. The molecule has 12 heteroatoms. The summed E-state index contributed by atoms with van der Waals surface area (Å²) in [5.41, 5.74) is 3.02. The van der Waals surface area contributed by atoms with Crippen molar-refractivity contribution in [2.45, 2.75) is 0 Å². The summed E-state index contributed by atoms with van der Waals surface area (Å²) < 4.78 is 17.0. The molecule has 0 bridgehead atoms. The van der Waals surface area contributed by atoms with Crippen LogP contribution in [-0.2, 0) is 4.79 Å². The maximum atomic E-state index is 12.3. The average molecular weight is 607 g/mol. The van der Waals surface area contributed by atoms with Crippen LogP contribution in [-0.4, -0.2) is 36.7 Å². The fourth-order valence-electron chi connectivity index (χ4n) is 2.64. The van der Waals surface area contributed by atoms with Gasteiger partial charge in [-0.15, -0.1) is 0 Å². The maximum absolute atomic E-state index is 12.3. The lowest BCUT2D eigenvalue weighted by molar-refractivity contribution is -0.384. The topological polar surface area (TPSA) is 129 Å². The molecular weight excluding hydrogens is 590 g/mol. The molecule has 0 spiro atoms. The number of non-ortho nitro benzene ring substituents is 1. The normalized spacial score (nSPS) is 10.6. The van der Waals surface area contributed by atoms with Gasteiger partial charge in [-0.25, -0.2) is 10.2 Å². The summed E-state index contributed by atoms with van der Waals surface area (Å²) in [6.45, 7) is -0.247. The van der Waals surface area contributed by atoms with Crippen LogP contribution >= 0.6 is 31.9 Å². The third-order valence-corrected chi connectivity index (χ3v) is 5.61. The number of esters is 1. The number of benzene rings is 3. The van der Waals surface area contributed by atoms with E-state index in [0.717, 1.165) is 0 Å². The first kappa shape index (κ1) is 25.8. The number of nitro groups is 1. The number of hydrogen-bond acceptors (Lipinski definition) is 8. The molecule has 3 aromatic rings. The van der Waals surface area contributed by atoms with Gasteiger partial charge in [0, 0.05) is 12.1 Å². The smallest absolute Gasteiger partial charge is 0.343 e. The number of carbonyl (C=O) groups is 2. The minimum atomic E-state index is -0.669. The van der Waals surface area contributed by atoms with E-state index in [9.17, 15) is 19.7 Å². The van der Waals surface area contributed by atoms with Crippen LogP contribution in [0.5, 0.6) is 17.2 Å². The molecule has 0 aliphatic rings. The summed E-state index contributed by atoms with van der Waals surface area (Å²) in [5, 5.41) is 14.6. The largest absolute Gasteiger partial charge is 0.497 e. The van der Waals surface area contributed by atoms with Crippen LogP contribution in [0.25, 0.3) is 0 Å². The van der Waals surface area contributed by atoms with Gasteiger partial charge in [0.15, 0.2) is 6.61 Å². The van der Waals surface area contributed by atoms with Crippen LogP contribution < -0.4 is 19.6 Å². The highest BCUT2D eigenvalue weighted by molar-refractivity contribution is 9.10. The molecule has 0 unspecified atom stereocenters. The molecule has 3 rings (SSSR count). The van der Waals surface area contributed by atoms with Crippen LogP contribution in [0.3, 0.4) is 0 Å². The monoisotopic (exact) mass is 605 g/mol. The molecule has 0 saturated carbocycles. The quantitative estimate of drug-likeness (QED) is 0.121. The van der Waals surface area contributed by atoms with Crippen molar-refractivity contribution in [1.82, 2.24) is 5.43 Å². The fraction of sp³-hybridized carbons (Fsp3) is 0.0870. The summed E-state index contributed by atoms with van der Waals surface area (Å²) in [6.07, 6.45) is 1.41. The molecule has 0 fully saturated rings. The number of hydrogen-bond donors (Lipinski definition) is 1. The molecule has 1 N–H and O–H groups in total. The lowest BCUT2D eigenvalue weighted by atomic mass is 10.2. The van der Waals surface area contributed by atoms with Gasteiger partial charge in [-0.2, -0.15) is 5.10 Å². The van der Waals surface area contributed by atoms with Crippen molar-refractivity contribution in [3.8, 4) is 17.2 Å². The average Bonchev–Trinajstić information content (AvgIpc) is 2.84. The Labute approximate surface area is 216 Å². The van der Waals surface area contributed by atoms with Crippen LogP contribution in [0.4, 0.5) is 5.69 Å². The Bertz CT molecular complexity index is 1280. The van der Waals surface area contributed by atoms with E-state index in [2.05, 4.69) is 42.4 Å². The van der Waals surface area contributed by atoms with Gasteiger partial charge in [-0.1, -0.05) is 0 Å². The summed E-state index contributed by atoms with van der Waals surface area (Å²) >= 11 is 6.66. The van der Waals surface area contributed by atoms with E-state index in [1.807, 2.05) is 0 Å². The van der Waals surface area contributed by atoms with Gasteiger partial charge < -0.3 is 14.2 Å². The second-order valence-electron chi connectivity index (χ2n) is 6.76. The summed E-state index contributed by atoms with van der Waals surface area (Å²) in [7, 11) is 1.55. The minimum absolute atomic E-state index is 0.126. The molecular formula is C23H17Br2N3O7. The molecule has 0 saturated heterocycles. The fourth-order valence-corrected chi connectivity index (χ4v) is 3.59. The highest BCUT2D eigenvalue weighted by atomic mass is 79.9. The zero-order valence-electron chi connectivity index (χ0n) is 18.1. The Kier molecular flexibility index (Phi) is 8.92. The molecule has 10 nitrogen and oxygen atoms in total. The standard InChI is InChI=1S/C23H17Br2N3O7/c1-33-17-7-9-20(19(25)11-17)34-13-22(29)27-26-12-14-2-8-21(18(24)10-14)35-23(30)15-3-5-16(6-4-15)28(31)32/h2-12H,13H2,1H3,(H,27,29). The summed E-state index contributed by atoms with van der Waals surface area (Å²) in [5.74, 6) is 0.242. The Hall–Kier alpha value is -3.77. The van der Waals surface area contributed by atoms with Crippen molar-refractivity contribution in [3.05, 3.63) is 90.9 Å². The summed E-state index contributed by atoms with van der Waals surface area (Å²) in [6, 6.07) is 15.0. The van der Waals surface area contributed by atoms with Crippen LogP contribution in [0, 0.1) is 10.1 Å². The van der Waals surface area contributed by atoms with Crippen LogP contribution in [0.1, 0.15) is 15.9 Å². The van der Waals surface area contributed by atoms with Crippen molar-refractivity contribution < 1.29 is 28.7 Å². The number of nitrogens with zero attached hydrogens (tertiary/aromatic N) is 2. The summed E-state index contributed by atoms with van der Waals surface area (Å²) in [4.78, 5) is 34.4. The minimum Gasteiger partial charge on any atom is -0.497 e. The first-order valence-corrected chi connectivity index (χ1v) is 11.4. The number of halogens is 2. The Morgan fingerprint density at radius 1 is 1.03 bits per heavy atom. The van der Waals surface area contributed by atoms with E-state index in [1.54, 1.807) is 43.5 Å². The van der Waals surface area contributed by atoms with Gasteiger partial charge in [0.1, 0.15) is 17.2 Å². The predicted molar refractivity (Wildman–Crippen MR) is 134 cm³/mol. The van der Waals surface area contributed by atoms with Gasteiger partial charge in [-0.3, -0.25) is 14.9 Å². The number of methoxy groups -OCH3 is 1. The van der Waals surface area contributed by atoms with E-state index in [4.69, 9.17) is 14.2 Å². The second-order valence-corrected chi connectivity index (χ2v) is 8.47. The Balaban J connectivity index is 1.52. The second kappa shape index (κ2) is 12.1. The number of nitrogens with one attached hydrogen (secondary N) is 1. The predicted octanol–water partition coefficient (Wildman–Crippen LogP) is 4.88. The van der Waals surface area contributed by atoms with Crippen molar-refractivity contribution in [2.24, 2.45) is 5.10 Å². The number of hydrazone groups is 1. The van der Waals surface area contributed by atoms with E-state index >= 15 is 0 Å². The molecule has 0 aliphatic carbocycles. The van der Waals surface area contributed by atoms with Crippen molar-refractivity contribution in [3.63, 3.8) is 0 Å². The zero-order chi connectivity index (χ0) is 25.4. The molecule has 35 heavy (non-hydrogen) atoms. The Morgan fingerprint density at radius 2 is 1.71 bits per heavy atom. The molecule has 0 aromatic heterocycles. The van der Waals surface area contributed by atoms with Crippen LogP contribution in [0.15, 0.2) is 74.7 Å². The number of carbonyl (C=O) groups excluding carboxylic acids is 2. The maximum Gasteiger partial charge on any atom is 0.343 e. The van der Waals surface area contributed by atoms with Crippen molar-refractivity contribution >= 4 is 55.6 Å². The van der Waals surface area contributed by atoms with E-state index in [-0.39, 0.29) is 23.6 Å². The first-order chi connectivity index (χ1) is 16.8. The molecule has 3 aromatic carbocycles. The van der Waals surface area contributed by atoms with E-state index in [0.29, 0.717) is 26.0 Å². The van der Waals surface area contributed by atoms with Crippen LogP contribution in [0.2, 0.25) is 0 Å². The first-order valence-electron chi connectivity index (χ1n) is 9.81. The lowest BCUT2D eigenvalue weighted by Gasteiger charge is -2.08. The molecule has 0 atom stereocenters. The van der Waals surface area contributed by atoms with Gasteiger partial charge in [0.05, 0.1) is 32.8 Å². The number of amides is 1. The number of nitro benzene ring substituents is 1. The molecule has 0 aliphatic heterocycles. The third kappa shape index (κ3) is 7.36. The van der Waals surface area contributed by atoms with Gasteiger partial charge in [0.25, 0.3) is 11.6 Å². The van der Waals surface area contributed by atoms with Crippen molar-refractivity contribution in [1.29, 1.82) is 0 Å². The van der Waals surface area contributed by atoms with E-state index < -0.39 is 16.8 Å². The van der Waals surface area contributed by atoms with Crippen molar-refractivity contribution in [2.75, 3.05) is 13.7 Å². The molecule has 1 amide bonds. The third-order valence-electron chi connectivity index (χ3n) is 4.37. The molecule has 0 radical (unpaired) electrons. The molecule has 180 valence electrons. The van der Waals surface area contributed by atoms with E-state index in [1.165, 1.54) is 30.5 Å². The lowest BCUT2D eigenvalue weighted by Crippen LogP contribution is -2.24.